The fourth-order valence-corrected chi connectivity index (χ4v) is 2.70. The molecule has 4 nitrogen and oxygen atoms in total. The van der Waals surface area contributed by atoms with Crippen LogP contribution < -0.4 is 0 Å². The maximum Gasteiger partial charge on any atom is 0.183 e. The normalized spacial score (nSPS) is 20.9. The molecule has 0 aromatic rings. The van der Waals surface area contributed by atoms with Crippen LogP contribution in [-0.4, -0.2) is 21.8 Å². The Bertz CT molecular complexity index is 693. The van der Waals surface area contributed by atoms with E-state index >= 15 is 0 Å². The van der Waals surface area contributed by atoms with Gasteiger partial charge in [-0.3, -0.25) is 9.59 Å². The van der Waals surface area contributed by atoms with Gasteiger partial charge in [-0.15, -0.1) is 0 Å². The third-order valence-corrected chi connectivity index (χ3v) is 4.46. The number of carbonyl (C=O) groups excluding carboxylic acids is 2. The summed E-state index contributed by atoms with van der Waals surface area (Å²) >= 11 is 0. The van der Waals surface area contributed by atoms with Gasteiger partial charge in [-0.1, -0.05) is 37.1 Å². The van der Waals surface area contributed by atoms with Crippen molar-refractivity contribution in [1.82, 2.24) is 0 Å². The molecule has 138 valence electrons. The minimum Gasteiger partial charge on any atom is -0.511 e. The lowest BCUT2D eigenvalue weighted by Gasteiger charge is -2.33. The first-order chi connectivity index (χ1) is 11.4. The molecule has 1 rings (SSSR count). The Morgan fingerprint density at radius 1 is 1.08 bits per heavy atom. The molecule has 0 saturated heterocycles. The van der Waals surface area contributed by atoms with Gasteiger partial charge in [-0.2, -0.15) is 0 Å². The summed E-state index contributed by atoms with van der Waals surface area (Å²) in [5.41, 5.74) is 0.869. The lowest BCUT2D eigenvalue weighted by atomic mass is 9.69. The van der Waals surface area contributed by atoms with Crippen LogP contribution in [0, 0.1) is 11.3 Å². The molecule has 0 aromatic carbocycles. The number of hydrogen-bond acceptors (Lipinski definition) is 4. The van der Waals surface area contributed by atoms with E-state index in [0.717, 1.165) is 11.1 Å². The van der Waals surface area contributed by atoms with Crippen LogP contribution in [0.2, 0.25) is 0 Å². The number of rotatable bonds is 6. The maximum atomic E-state index is 13.0. The third kappa shape index (κ3) is 4.30. The minimum atomic E-state index is -1.24. The average Bonchev–Trinajstić information content (AvgIpc) is 2.50. The van der Waals surface area contributed by atoms with Crippen molar-refractivity contribution in [2.24, 2.45) is 11.3 Å². The quantitative estimate of drug-likeness (QED) is 0.516. The van der Waals surface area contributed by atoms with E-state index < -0.39 is 22.9 Å². The lowest BCUT2D eigenvalue weighted by molar-refractivity contribution is -0.128. The summed E-state index contributed by atoms with van der Waals surface area (Å²) in [4.78, 5) is 25.6. The van der Waals surface area contributed by atoms with Crippen molar-refractivity contribution in [1.29, 1.82) is 0 Å². The van der Waals surface area contributed by atoms with Crippen LogP contribution in [0.4, 0.5) is 0 Å². The molecule has 0 aliphatic heterocycles. The number of Topliss-reactive ketones (excluding diaryl/α,β-unsaturated/α-hetero) is 2. The molecule has 0 aromatic heterocycles. The van der Waals surface area contributed by atoms with Crippen molar-refractivity contribution in [2.45, 2.75) is 61.3 Å². The number of hydrogen-bond donors (Lipinski definition) is 2. The molecule has 0 radical (unpaired) electrons. The smallest absolute Gasteiger partial charge is 0.183 e. The number of aliphatic hydroxyl groups is 2. The second kappa shape index (κ2) is 7.85. The summed E-state index contributed by atoms with van der Waals surface area (Å²) in [5.74, 6) is -1.86. The molecule has 4 heteroatoms. The number of allylic oxidation sites excluding steroid dienone is 7. The molecule has 1 aliphatic carbocycles. The lowest BCUT2D eigenvalue weighted by Crippen LogP contribution is -2.39. The van der Waals surface area contributed by atoms with Gasteiger partial charge in [0.05, 0.1) is 5.41 Å². The van der Waals surface area contributed by atoms with E-state index in [1.165, 1.54) is 0 Å². The zero-order chi connectivity index (χ0) is 19.5. The second-order valence-corrected chi connectivity index (χ2v) is 7.70. The highest BCUT2D eigenvalue weighted by molar-refractivity contribution is 6.24. The van der Waals surface area contributed by atoms with E-state index in [4.69, 9.17) is 0 Å². The van der Waals surface area contributed by atoms with Crippen molar-refractivity contribution in [3.63, 3.8) is 0 Å². The van der Waals surface area contributed by atoms with Crippen LogP contribution in [-0.2, 0) is 9.59 Å². The van der Waals surface area contributed by atoms with E-state index in [0.29, 0.717) is 0 Å². The Morgan fingerprint density at radius 2 is 1.60 bits per heavy atom. The van der Waals surface area contributed by atoms with E-state index in [1.807, 2.05) is 39.8 Å². The van der Waals surface area contributed by atoms with Crippen molar-refractivity contribution < 1.29 is 19.8 Å². The van der Waals surface area contributed by atoms with Gasteiger partial charge >= 0.3 is 0 Å². The predicted octanol–water partition coefficient (Wildman–Crippen LogP) is 5.14. The van der Waals surface area contributed by atoms with Crippen LogP contribution in [0.5, 0.6) is 0 Å². The number of aliphatic hydroxyl groups excluding tert-OH is 2. The number of ketones is 2. The van der Waals surface area contributed by atoms with Crippen molar-refractivity contribution >= 4 is 11.6 Å². The summed E-state index contributed by atoms with van der Waals surface area (Å²) in [6.45, 7) is 12.7. The zero-order valence-electron chi connectivity index (χ0n) is 16.4. The molecule has 0 spiro atoms. The van der Waals surface area contributed by atoms with Crippen LogP contribution in [0.25, 0.3) is 0 Å². The van der Waals surface area contributed by atoms with Crippen LogP contribution in [0.1, 0.15) is 61.3 Å². The topological polar surface area (TPSA) is 74.6 Å². The van der Waals surface area contributed by atoms with Gasteiger partial charge in [0, 0.05) is 11.5 Å². The van der Waals surface area contributed by atoms with E-state index in [-0.39, 0.29) is 35.5 Å². The molecule has 25 heavy (non-hydrogen) atoms. The molecule has 1 aliphatic rings. The molecular formula is C21H30O4. The second-order valence-electron chi connectivity index (χ2n) is 7.70. The van der Waals surface area contributed by atoms with Gasteiger partial charge in [0.25, 0.3) is 0 Å². The SMILES string of the molecule is CC(C)=CCC1=C(O)C(C)(CC=C(C)C)C(=O)C(C(=O)C(C)C)=C1O. The first-order valence-electron chi connectivity index (χ1n) is 8.65. The highest BCUT2D eigenvalue weighted by Gasteiger charge is 2.47. The standard InChI is InChI=1S/C21H30O4/c1-12(2)8-9-15-18(23)16(17(22)14(5)6)20(25)21(7,19(15)24)11-10-13(3)4/h8,10,14,23-24H,9,11H2,1-7H3. The van der Waals surface area contributed by atoms with E-state index in [2.05, 4.69) is 0 Å². The third-order valence-electron chi connectivity index (χ3n) is 4.46. The Labute approximate surface area is 150 Å². The largest absolute Gasteiger partial charge is 0.511 e. The van der Waals surface area contributed by atoms with Crippen molar-refractivity contribution in [3.8, 4) is 0 Å². The van der Waals surface area contributed by atoms with Crippen molar-refractivity contribution in [2.75, 3.05) is 0 Å². The molecule has 0 amide bonds. The Balaban J connectivity index is 3.62. The van der Waals surface area contributed by atoms with Crippen molar-refractivity contribution in [3.05, 3.63) is 46.0 Å². The molecule has 0 bridgehead atoms. The predicted molar refractivity (Wildman–Crippen MR) is 100 cm³/mol. The fourth-order valence-electron chi connectivity index (χ4n) is 2.70. The monoisotopic (exact) mass is 346 g/mol. The van der Waals surface area contributed by atoms with Crippen LogP contribution >= 0.6 is 0 Å². The van der Waals surface area contributed by atoms with Gasteiger partial charge in [0.15, 0.2) is 11.6 Å². The van der Waals surface area contributed by atoms with Crippen LogP contribution in [0.15, 0.2) is 46.0 Å². The average molecular weight is 346 g/mol. The molecule has 2 N–H and O–H groups in total. The van der Waals surface area contributed by atoms with Gasteiger partial charge in [0.1, 0.15) is 17.1 Å². The highest BCUT2D eigenvalue weighted by atomic mass is 16.3. The molecule has 1 unspecified atom stereocenters. The molecule has 1 atom stereocenters. The molecule has 0 fully saturated rings. The van der Waals surface area contributed by atoms with E-state index in [1.54, 1.807) is 20.8 Å². The first-order valence-corrected chi connectivity index (χ1v) is 8.65. The van der Waals surface area contributed by atoms with Crippen LogP contribution in [0.3, 0.4) is 0 Å². The molecule has 0 heterocycles. The van der Waals surface area contributed by atoms with Gasteiger partial charge in [0.2, 0.25) is 0 Å². The van der Waals surface area contributed by atoms with E-state index in [9.17, 15) is 19.8 Å². The maximum absolute atomic E-state index is 13.0. The minimum absolute atomic E-state index is 0.148. The first kappa shape index (κ1) is 20.9. The number of carbonyl (C=O) groups is 2. The summed E-state index contributed by atoms with van der Waals surface area (Å²) < 4.78 is 0. The fraction of sp³-hybridized carbons (Fsp3) is 0.524. The summed E-state index contributed by atoms with van der Waals surface area (Å²) in [6, 6.07) is 0. The summed E-state index contributed by atoms with van der Waals surface area (Å²) in [6.07, 6.45) is 4.27. The Hall–Kier alpha value is -2.10. The van der Waals surface area contributed by atoms with Gasteiger partial charge < -0.3 is 10.2 Å². The van der Waals surface area contributed by atoms with Gasteiger partial charge in [-0.05, 0) is 47.5 Å². The summed E-state index contributed by atoms with van der Waals surface area (Å²) in [7, 11) is 0. The Kier molecular flexibility index (Phi) is 6.58. The highest BCUT2D eigenvalue weighted by Crippen LogP contribution is 2.43. The van der Waals surface area contributed by atoms with Gasteiger partial charge in [-0.25, -0.2) is 0 Å². The molecular weight excluding hydrogens is 316 g/mol. The molecule has 0 saturated carbocycles. The zero-order valence-corrected chi connectivity index (χ0v) is 16.4. The Morgan fingerprint density at radius 3 is 2.04 bits per heavy atom. The summed E-state index contributed by atoms with van der Waals surface area (Å²) in [5, 5.41) is 21.4.